The molecule has 0 saturated carbocycles. The van der Waals surface area contributed by atoms with Crippen molar-refractivity contribution in [3.8, 4) is 0 Å². The van der Waals surface area contributed by atoms with Crippen molar-refractivity contribution in [2.24, 2.45) is 11.5 Å². The Morgan fingerprint density at radius 2 is 1.22 bits per heavy atom. The van der Waals surface area contributed by atoms with E-state index in [4.69, 9.17) is 20.9 Å². The summed E-state index contributed by atoms with van der Waals surface area (Å²) >= 11 is 0. The molecule has 4 N–H and O–H groups in total. The average molecular weight is 378 g/mol. The summed E-state index contributed by atoms with van der Waals surface area (Å²) in [6.45, 7) is 0. The first-order chi connectivity index (χ1) is 12.9. The summed E-state index contributed by atoms with van der Waals surface area (Å²) in [4.78, 5) is 53.9. The highest BCUT2D eigenvalue weighted by Gasteiger charge is 2.23. The number of carbonyl (C=O) groups excluding carboxylic acids is 4. The number of primary amides is 2. The number of nitrogens with two attached hydrogens (primary N) is 2. The van der Waals surface area contributed by atoms with Crippen LogP contribution in [0, 0.1) is 0 Å². The maximum absolute atomic E-state index is 11.8. The largest absolute Gasteiger partial charge is 0.431 e. The summed E-state index contributed by atoms with van der Waals surface area (Å²) in [5.74, 6) is -3.21. The van der Waals surface area contributed by atoms with Gasteiger partial charge in [0.2, 0.25) is 0 Å². The van der Waals surface area contributed by atoms with E-state index in [1.807, 2.05) is 0 Å². The van der Waals surface area contributed by atoms with Gasteiger partial charge in [-0.1, -0.05) is 0 Å². The van der Waals surface area contributed by atoms with Crippen LogP contribution in [0.25, 0.3) is 0 Å². The van der Waals surface area contributed by atoms with Crippen LogP contribution in [0.2, 0.25) is 0 Å². The second-order valence-corrected chi connectivity index (χ2v) is 5.36. The van der Waals surface area contributed by atoms with E-state index in [1.165, 1.54) is 46.6 Å². The smallest absolute Gasteiger partial charge is 0.308 e. The average Bonchev–Trinajstić information content (AvgIpc) is 3.30. The van der Waals surface area contributed by atoms with Crippen LogP contribution in [0.1, 0.15) is 31.7 Å². The van der Waals surface area contributed by atoms with Gasteiger partial charge in [0.1, 0.15) is 0 Å². The van der Waals surface area contributed by atoms with Crippen molar-refractivity contribution in [1.29, 1.82) is 0 Å². The number of hydrogen-bond donors (Lipinski definition) is 2. The van der Waals surface area contributed by atoms with E-state index >= 15 is 0 Å². The van der Waals surface area contributed by atoms with E-state index in [0.717, 1.165) is 0 Å². The topological polar surface area (TPSA) is 174 Å². The molecule has 144 valence electrons. The van der Waals surface area contributed by atoms with Crippen LogP contribution in [-0.4, -0.2) is 42.9 Å². The first-order valence-corrected chi connectivity index (χ1v) is 7.81. The summed E-state index contributed by atoms with van der Waals surface area (Å²) < 4.78 is 12.4. The number of amides is 2. The fraction of sp³-hybridized carbons (Fsp3) is 0.333. The Balaban J connectivity index is 1.79. The lowest BCUT2D eigenvalue weighted by molar-refractivity contribution is -0.162. The van der Waals surface area contributed by atoms with E-state index in [-0.39, 0.29) is 19.3 Å². The minimum Gasteiger partial charge on any atom is -0.431 e. The van der Waals surface area contributed by atoms with E-state index in [2.05, 4.69) is 9.97 Å². The minimum atomic E-state index is -1.33. The third-order valence-corrected chi connectivity index (χ3v) is 3.33. The molecule has 0 bridgehead atoms. The molecule has 0 aromatic carbocycles. The zero-order valence-electron chi connectivity index (χ0n) is 14.1. The fourth-order valence-corrected chi connectivity index (χ4v) is 2.09. The monoisotopic (exact) mass is 378 g/mol. The molecule has 0 aliphatic heterocycles. The first kappa shape index (κ1) is 19.6. The van der Waals surface area contributed by atoms with Gasteiger partial charge in [0.25, 0.3) is 24.3 Å². The zero-order valence-corrected chi connectivity index (χ0v) is 14.1. The van der Waals surface area contributed by atoms with Gasteiger partial charge in [0, 0.05) is 37.6 Å². The lowest BCUT2D eigenvalue weighted by Gasteiger charge is -2.16. The van der Waals surface area contributed by atoms with Crippen molar-refractivity contribution in [1.82, 2.24) is 19.1 Å². The predicted octanol–water partition coefficient (Wildman–Crippen LogP) is -0.996. The molecule has 0 spiro atoms. The molecule has 12 nitrogen and oxygen atoms in total. The predicted molar refractivity (Wildman–Crippen MR) is 87.0 cm³/mol. The first-order valence-electron chi connectivity index (χ1n) is 7.81. The van der Waals surface area contributed by atoms with Crippen molar-refractivity contribution in [2.45, 2.75) is 31.7 Å². The van der Waals surface area contributed by atoms with Gasteiger partial charge in [-0.3, -0.25) is 28.3 Å². The van der Waals surface area contributed by atoms with Gasteiger partial charge in [-0.05, 0) is 6.42 Å². The molecule has 0 aliphatic carbocycles. The molecule has 0 saturated heterocycles. The molecule has 0 fully saturated rings. The summed E-state index contributed by atoms with van der Waals surface area (Å²) in [7, 11) is 0. The van der Waals surface area contributed by atoms with Crippen molar-refractivity contribution < 1.29 is 28.7 Å². The maximum atomic E-state index is 11.8. The van der Waals surface area contributed by atoms with Crippen LogP contribution in [0.5, 0.6) is 0 Å². The van der Waals surface area contributed by atoms with Crippen molar-refractivity contribution in [3.05, 3.63) is 37.4 Å². The Kier molecular flexibility index (Phi) is 6.63. The van der Waals surface area contributed by atoms with Gasteiger partial charge in [-0.2, -0.15) is 0 Å². The molecular weight excluding hydrogens is 360 g/mol. The minimum absolute atomic E-state index is 0.0719. The Labute approximate surface area is 153 Å². The number of carbonyl (C=O) groups is 4. The molecule has 2 amide bonds. The molecule has 0 radical (unpaired) electrons. The van der Waals surface area contributed by atoms with Crippen molar-refractivity contribution >= 4 is 23.8 Å². The third-order valence-electron chi connectivity index (χ3n) is 3.33. The van der Waals surface area contributed by atoms with Crippen LogP contribution < -0.4 is 11.5 Å². The van der Waals surface area contributed by atoms with Gasteiger partial charge < -0.3 is 20.9 Å². The zero-order chi connectivity index (χ0) is 19.8. The van der Waals surface area contributed by atoms with E-state index < -0.39 is 36.2 Å². The molecule has 2 atom stereocenters. The van der Waals surface area contributed by atoms with Crippen LogP contribution in [0.4, 0.5) is 0 Å². The van der Waals surface area contributed by atoms with Gasteiger partial charge in [-0.25, -0.2) is 9.97 Å². The highest BCUT2D eigenvalue weighted by atomic mass is 16.6. The number of hydrogen-bond acceptors (Lipinski definition) is 8. The molecule has 2 aromatic heterocycles. The van der Waals surface area contributed by atoms with E-state index in [0.29, 0.717) is 0 Å². The number of imidazole rings is 2. The van der Waals surface area contributed by atoms with Gasteiger partial charge in [0.15, 0.2) is 0 Å². The van der Waals surface area contributed by atoms with Crippen LogP contribution in [0.3, 0.4) is 0 Å². The number of nitrogens with zero attached hydrogens (tertiary/aromatic N) is 4. The lowest BCUT2D eigenvalue weighted by atomic mass is 10.2. The SMILES string of the molecule is NC(=O)C(OC(=O)CCCC(=O)OC(C(N)=O)n1ccnc1)n1ccnc1. The Hall–Kier alpha value is -3.70. The Morgan fingerprint density at radius 3 is 1.52 bits per heavy atom. The van der Waals surface area contributed by atoms with Crippen LogP contribution in [0.15, 0.2) is 37.4 Å². The molecule has 2 heterocycles. The molecular formula is C15H18N6O6. The van der Waals surface area contributed by atoms with Crippen molar-refractivity contribution in [2.75, 3.05) is 0 Å². The maximum Gasteiger partial charge on any atom is 0.308 e. The molecule has 0 aliphatic rings. The number of rotatable bonds is 10. The summed E-state index contributed by atoms with van der Waals surface area (Å²) in [5, 5.41) is 0. The van der Waals surface area contributed by atoms with Gasteiger partial charge in [0.05, 0.1) is 12.7 Å². The second kappa shape index (κ2) is 9.12. The standard InChI is InChI=1S/C15H18N6O6/c16-12(24)14(20-6-4-18-8-20)26-10(22)2-1-3-11(23)27-15(13(17)25)21-7-5-19-9-21/h4-9,14-15H,1-3H2,(H2,16,24)(H2,17,25). The Morgan fingerprint density at radius 1 is 0.815 bits per heavy atom. The lowest BCUT2D eigenvalue weighted by Crippen LogP contribution is -2.30. The number of aromatic nitrogens is 4. The van der Waals surface area contributed by atoms with Gasteiger partial charge >= 0.3 is 11.9 Å². The molecule has 2 rings (SSSR count). The van der Waals surface area contributed by atoms with E-state index in [1.54, 1.807) is 0 Å². The third kappa shape index (κ3) is 5.66. The summed E-state index contributed by atoms with van der Waals surface area (Å²) in [5.41, 5.74) is 10.4. The normalized spacial score (nSPS) is 12.7. The molecule has 27 heavy (non-hydrogen) atoms. The number of esters is 2. The van der Waals surface area contributed by atoms with Crippen LogP contribution >= 0.6 is 0 Å². The molecule has 12 heteroatoms. The van der Waals surface area contributed by atoms with Crippen molar-refractivity contribution in [3.63, 3.8) is 0 Å². The highest BCUT2D eigenvalue weighted by molar-refractivity contribution is 5.82. The summed E-state index contributed by atoms with van der Waals surface area (Å²) in [6.07, 6.45) is 5.27. The van der Waals surface area contributed by atoms with Crippen LogP contribution in [-0.2, 0) is 28.7 Å². The summed E-state index contributed by atoms with van der Waals surface area (Å²) in [6, 6.07) is 0. The molecule has 2 aromatic rings. The quantitative estimate of drug-likeness (QED) is 0.495. The molecule has 2 unspecified atom stereocenters. The number of ether oxygens (including phenoxy) is 2. The van der Waals surface area contributed by atoms with Gasteiger partial charge in [-0.15, -0.1) is 0 Å². The fourth-order valence-electron chi connectivity index (χ4n) is 2.09. The second-order valence-electron chi connectivity index (χ2n) is 5.36. The highest BCUT2D eigenvalue weighted by Crippen LogP contribution is 2.13. The van der Waals surface area contributed by atoms with E-state index in [9.17, 15) is 19.2 Å². The Bertz CT molecular complexity index is 722.